The van der Waals surface area contributed by atoms with Gasteiger partial charge in [0.1, 0.15) is 6.54 Å². The summed E-state index contributed by atoms with van der Waals surface area (Å²) < 4.78 is 7.05. The summed E-state index contributed by atoms with van der Waals surface area (Å²) in [4.78, 5) is 13.3. The van der Waals surface area contributed by atoms with Crippen LogP contribution in [0.5, 0.6) is 0 Å². The molecule has 0 spiro atoms. The predicted octanol–water partition coefficient (Wildman–Crippen LogP) is 0.921. The first-order chi connectivity index (χ1) is 11.4. The van der Waals surface area contributed by atoms with Crippen LogP contribution < -0.4 is 24.0 Å². The van der Waals surface area contributed by atoms with Gasteiger partial charge in [-0.2, -0.15) is 0 Å². The number of piperidine rings is 1. The predicted molar refractivity (Wildman–Crippen MR) is 96.7 cm³/mol. The molecule has 1 heterocycles. The van der Waals surface area contributed by atoms with Gasteiger partial charge < -0.3 is 33.2 Å². The number of rotatable bonds is 4. The lowest BCUT2D eigenvalue weighted by atomic mass is 9.71. The number of carbonyl (C=O) groups is 1. The first kappa shape index (κ1) is 20.7. The van der Waals surface area contributed by atoms with Crippen molar-refractivity contribution in [2.24, 2.45) is 5.92 Å². The highest BCUT2D eigenvalue weighted by Crippen LogP contribution is 2.43. The molecular weight excluding hydrogens is 425 g/mol. The zero-order chi connectivity index (χ0) is 17.2. The summed E-state index contributed by atoms with van der Waals surface area (Å²) >= 11 is 0. The number of quaternary nitrogens is 1. The Morgan fingerprint density at radius 3 is 2.32 bits per heavy atom. The highest BCUT2D eigenvalue weighted by molar-refractivity contribution is 5.83. The smallest absolute Gasteiger partial charge is 0.317 e. The molecule has 0 aromatic heterocycles. The quantitative estimate of drug-likeness (QED) is 0.382. The van der Waals surface area contributed by atoms with Crippen LogP contribution in [0.3, 0.4) is 0 Å². The number of carbonyl (C=O) groups excluding carboxylic acids is 1. The van der Waals surface area contributed by atoms with Gasteiger partial charge in [0.15, 0.2) is 6.10 Å². The van der Waals surface area contributed by atoms with Crippen molar-refractivity contribution in [2.45, 2.75) is 57.0 Å². The van der Waals surface area contributed by atoms with Crippen molar-refractivity contribution in [1.82, 2.24) is 0 Å². The van der Waals surface area contributed by atoms with Gasteiger partial charge in [-0.15, -0.1) is 0 Å². The van der Waals surface area contributed by atoms with E-state index in [-0.39, 0.29) is 36.0 Å². The number of hydrogen-bond acceptors (Lipinski definition) is 2. The number of halogens is 1. The van der Waals surface area contributed by atoms with E-state index in [1.165, 1.54) is 19.4 Å². The minimum atomic E-state index is -0.508. The van der Waals surface area contributed by atoms with Crippen LogP contribution in [-0.4, -0.2) is 43.7 Å². The zero-order valence-corrected chi connectivity index (χ0v) is 18.0. The van der Waals surface area contributed by atoms with Crippen LogP contribution in [-0.2, 0) is 14.9 Å². The molecule has 0 unspecified atom stereocenters. The van der Waals surface area contributed by atoms with E-state index in [1.807, 2.05) is 18.2 Å². The van der Waals surface area contributed by atoms with Crippen molar-refractivity contribution < 1.29 is 38.0 Å². The molecule has 2 fully saturated rings. The molecule has 1 aliphatic carbocycles. The summed E-state index contributed by atoms with van der Waals surface area (Å²) in [5, 5.41) is 0. The van der Waals surface area contributed by atoms with Gasteiger partial charge in [-0.25, -0.2) is 0 Å². The van der Waals surface area contributed by atoms with Crippen LogP contribution >= 0.6 is 0 Å². The number of benzene rings is 1. The van der Waals surface area contributed by atoms with Gasteiger partial charge >= 0.3 is 5.97 Å². The molecule has 0 N–H and O–H groups in total. The first-order valence-electron chi connectivity index (χ1n) is 9.50. The number of esters is 1. The van der Waals surface area contributed by atoms with Crippen LogP contribution in [0.4, 0.5) is 0 Å². The fourth-order valence-corrected chi connectivity index (χ4v) is 4.66. The largest absolute Gasteiger partial charge is 1.00 e. The molecule has 2 atom stereocenters. The molecule has 0 bridgehead atoms. The Hall–Kier alpha value is -0.620. The number of hydrogen-bond donors (Lipinski definition) is 0. The Kier molecular flexibility index (Phi) is 6.94. The maximum Gasteiger partial charge on any atom is 0.317 e. The maximum absolute atomic E-state index is 13.3. The van der Waals surface area contributed by atoms with Crippen LogP contribution in [0.15, 0.2) is 30.3 Å². The molecule has 25 heavy (non-hydrogen) atoms. The molecule has 4 heteroatoms. The summed E-state index contributed by atoms with van der Waals surface area (Å²) in [6.07, 6.45) is 6.92. The molecule has 2 aliphatic rings. The molecule has 3 nitrogen and oxygen atoms in total. The van der Waals surface area contributed by atoms with Crippen LogP contribution in [0.25, 0.3) is 0 Å². The normalized spacial score (nSPS) is 25.6. The van der Waals surface area contributed by atoms with E-state index in [1.54, 1.807) is 0 Å². The molecule has 0 amide bonds. The van der Waals surface area contributed by atoms with Crippen molar-refractivity contribution in [2.75, 3.05) is 27.2 Å². The molecule has 1 aromatic carbocycles. The van der Waals surface area contributed by atoms with Crippen molar-refractivity contribution >= 4 is 5.97 Å². The monoisotopic (exact) mass is 457 g/mol. The fourth-order valence-electron chi connectivity index (χ4n) is 4.66. The van der Waals surface area contributed by atoms with Gasteiger partial charge in [0.05, 0.1) is 26.1 Å². The average Bonchev–Trinajstić information content (AvgIpc) is 3.09. The summed E-state index contributed by atoms with van der Waals surface area (Å²) in [6, 6.07) is 10.3. The number of likely N-dealkylation sites (tertiary alicyclic amines) is 1. The highest BCUT2D eigenvalue weighted by atomic mass is 127. The van der Waals surface area contributed by atoms with Gasteiger partial charge in [0.2, 0.25) is 0 Å². The standard InChI is InChI=1S/C21H32NO2.HI/c1-21(18-12-7-8-13-18,17-10-5-4-6-11-17)20(23)24-19-14-9-15-22(2,3)16-19;/h4-6,10-11,18-19H,7-9,12-16H2,1-3H3;1H/q+1;/p-1/t19-,21-;/m1./s1. The maximum atomic E-state index is 13.3. The molecule has 1 aromatic rings. The van der Waals surface area contributed by atoms with E-state index in [4.69, 9.17) is 4.74 Å². The van der Waals surface area contributed by atoms with Crippen LogP contribution in [0, 0.1) is 5.92 Å². The summed E-state index contributed by atoms with van der Waals surface area (Å²) in [5.41, 5.74) is 0.610. The van der Waals surface area contributed by atoms with E-state index in [2.05, 4.69) is 33.2 Å². The molecule has 1 saturated heterocycles. The Morgan fingerprint density at radius 1 is 1.08 bits per heavy atom. The third-order valence-corrected chi connectivity index (χ3v) is 6.23. The third-order valence-electron chi connectivity index (χ3n) is 6.23. The lowest BCUT2D eigenvalue weighted by molar-refractivity contribution is -0.898. The van der Waals surface area contributed by atoms with Crippen LogP contribution in [0.2, 0.25) is 0 Å². The minimum Gasteiger partial charge on any atom is -1.00 e. The number of ether oxygens (including phenoxy) is 1. The van der Waals surface area contributed by atoms with E-state index in [0.29, 0.717) is 5.92 Å². The Bertz CT molecular complexity index is 569. The second-order valence-electron chi connectivity index (χ2n) is 8.56. The molecule has 1 saturated carbocycles. The van der Waals surface area contributed by atoms with Gasteiger partial charge in [-0.1, -0.05) is 43.2 Å². The third kappa shape index (κ3) is 4.57. The van der Waals surface area contributed by atoms with E-state index >= 15 is 0 Å². The van der Waals surface area contributed by atoms with Crippen molar-refractivity contribution in [3.8, 4) is 0 Å². The Balaban J connectivity index is 0.00000225. The average molecular weight is 457 g/mol. The van der Waals surface area contributed by atoms with Crippen molar-refractivity contribution in [3.63, 3.8) is 0 Å². The molecule has 0 radical (unpaired) electrons. The Morgan fingerprint density at radius 2 is 1.72 bits per heavy atom. The lowest BCUT2D eigenvalue weighted by Gasteiger charge is -2.40. The second kappa shape index (κ2) is 8.38. The van der Waals surface area contributed by atoms with E-state index in [9.17, 15) is 4.79 Å². The van der Waals surface area contributed by atoms with Gasteiger partial charge in [0, 0.05) is 6.42 Å². The zero-order valence-electron chi connectivity index (χ0n) is 15.8. The molecular formula is C21H32INO2. The SMILES string of the molecule is C[C@@](C(=O)O[C@@H]1CCC[N+](C)(C)C1)(c1ccccc1)C1CCCC1.[I-]. The summed E-state index contributed by atoms with van der Waals surface area (Å²) in [7, 11) is 4.46. The molecule has 3 rings (SSSR count). The number of likely N-dealkylation sites (N-methyl/N-ethyl adjacent to an activating group) is 1. The second-order valence-corrected chi connectivity index (χ2v) is 8.56. The minimum absolute atomic E-state index is 0. The molecule has 140 valence electrons. The first-order valence-corrected chi connectivity index (χ1v) is 9.50. The van der Waals surface area contributed by atoms with Crippen molar-refractivity contribution in [1.29, 1.82) is 0 Å². The van der Waals surface area contributed by atoms with Gasteiger partial charge in [-0.05, 0) is 37.7 Å². The van der Waals surface area contributed by atoms with E-state index in [0.717, 1.165) is 42.3 Å². The fraction of sp³-hybridized carbons (Fsp3) is 0.667. The topological polar surface area (TPSA) is 26.3 Å². The van der Waals surface area contributed by atoms with Gasteiger partial charge in [0.25, 0.3) is 0 Å². The van der Waals surface area contributed by atoms with Crippen LogP contribution in [0.1, 0.15) is 51.0 Å². The van der Waals surface area contributed by atoms with Crippen molar-refractivity contribution in [3.05, 3.63) is 35.9 Å². The highest BCUT2D eigenvalue weighted by Gasteiger charge is 2.46. The lowest BCUT2D eigenvalue weighted by Crippen LogP contribution is -3.00. The summed E-state index contributed by atoms with van der Waals surface area (Å²) in [6.45, 7) is 4.22. The van der Waals surface area contributed by atoms with Gasteiger partial charge in [-0.3, -0.25) is 4.79 Å². The molecule has 1 aliphatic heterocycles. The Labute approximate surface area is 169 Å². The summed E-state index contributed by atoms with van der Waals surface area (Å²) in [5.74, 6) is 0.394. The van der Waals surface area contributed by atoms with E-state index < -0.39 is 5.41 Å². The number of nitrogens with zero attached hydrogens (tertiary/aromatic N) is 1.